The topological polar surface area (TPSA) is 44.8 Å². The van der Waals surface area contributed by atoms with Gasteiger partial charge in [-0.3, -0.25) is 0 Å². The van der Waals surface area contributed by atoms with Crippen LogP contribution in [0.4, 0.5) is 0 Å². The zero-order valence-corrected chi connectivity index (χ0v) is 24.6. The number of hydrogen-bond donors (Lipinski definition) is 0. The van der Waals surface area contributed by atoms with Crippen molar-refractivity contribution in [3.63, 3.8) is 0 Å². The van der Waals surface area contributed by atoms with Crippen molar-refractivity contribution in [2.45, 2.75) is 117 Å². The minimum absolute atomic E-state index is 0.371. The summed E-state index contributed by atoms with van der Waals surface area (Å²) < 4.78 is 17.3. The van der Waals surface area contributed by atoms with Gasteiger partial charge in [-0.2, -0.15) is 0 Å². The fourth-order valence-corrected chi connectivity index (χ4v) is 5.58. The first-order chi connectivity index (χ1) is 19.2. The highest BCUT2D eigenvalue weighted by Gasteiger charge is 2.20. The molecule has 216 valence electrons. The average molecular weight is 537 g/mol. The van der Waals surface area contributed by atoms with Crippen molar-refractivity contribution >= 4 is 5.97 Å². The average Bonchev–Trinajstić information content (AvgIpc) is 2.97. The van der Waals surface area contributed by atoms with Gasteiger partial charge in [0.15, 0.2) is 0 Å². The van der Waals surface area contributed by atoms with E-state index in [0.29, 0.717) is 17.9 Å². The van der Waals surface area contributed by atoms with E-state index in [-0.39, 0.29) is 5.97 Å². The maximum absolute atomic E-state index is 12.5. The van der Waals surface area contributed by atoms with E-state index < -0.39 is 0 Å². The van der Waals surface area contributed by atoms with Crippen LogP contribution in [0.15, 0.2) is 48.5 Å². The molecule has 0 amide bonds. The Bertz CT molecular complexity index is 897. The molecule has 0 saturated heterocycles. The van der Waals surface area contributed by atoms with Crippen LogP contribution in [0.2, 0.25) is 0 Å². The third-order valence-electron chi connectivity index (χ3n) is 8.10. The highest BCUT2D eigenvalue weighted by molar-refractivity contribution is 5.91. The summed E-state index contributed by atoms with van der Waals surface area (Å²) in [6.45, 7) is 5.93. The summed E-state index contributed by atoms with van der Waals surface area (Å²) in [6.07, 6.45) is 21.2. The molecule has 0 N–H and O–H groups in total. The second kappa shape index (κ2) is 18.7. The number of esters is 1. The normalized spacial score (nSPS) is 17.1. The van der Waals surface area contributed by atoms with E-state index >= 15 is 0 Å². The summed E-state index contributed by atoms with van der Waals surface area (Å²) in [7, 11) is 0. The van der Waals surface area contributed by atoms with Gasteiger partial charge in [0.05, 0.1) is 18.8 Å². The lowest BCUT2D eigenvalue weighted by molar-refractivity contribution is 0.0734. The Kier molecular flexibility index (Phi) is 14.9. The number of rotatable bonds is 19. The Hall–Kier alpha value is -2.49. The molecule has 0 spiro atoms. The number of carbonyl (C=O) groups is 1. The number of hydrogen-bond acceptors (Lipinski definition) is 4. The van der Waals surface area contributed by atoms with Crippen LogP contribution >= 0.6 is 0 Å². The van der Waals surface area contributed by atoms with Crippen molar-refractivity contribution in [2.24, 2.45) is 11.8 Å². The summed E-state index contributed by atoms with van der Waals surface area (Å²) in [5.41, 5.74) is 0.509. The molecule has 2 aromatic carbocycles. The Morgan fingerprint density at radius 3 is 1.64 bits per heavy atom. The summed E-state index contributed by atoms with van der Waals surface area (Å²) in [5.74, 6) is 3.60. The van der Waals surface area contributed by atoms with Gasteiger partial charge in [-0.05, 0) is 79.6 Å². The molecule has 3 rings (SSSR count). The quantitative estimate of drug-likeness (QED) is 0.102. The van der Waals surface area contributed by atoms with Crippen LogP contribution < -0.4 is 14.2 Å². The first-order valence-electron chi connectivity index (χ1n) is 15.9. The van der Waals surface area contributed by atoms with Crippen molar-refractivity contribution in [2.75, 3.05) is 13.2 Å². The Balaban J connectivity index is 1.27. The second-order valence-electron chi connectivity index (χ2n) is 11.4. The molecule has 0 aromatic heterocycles. The molecule has 39 heavy (non-hydrogen) atoms. The van der Waals surface area contributed by atoms with E-state index in [1.165, 1.54) is 89.9 Å². The van der Waals surface area contributed by atoms with Gasteiger partial charge >= 0.3 is 5.97 Å². The predicted molar refractivity (Wildman–Crippen MR) is 161 cm³/mol. The summed E-state index contributed by atoms with van der Waals surface area (Å²) in [6, 6.07) is 14.5. The largest absolute Gasteiger partial charge is 0.494 e. The monoisotopic (exact) mass is 536 g/mol. The van der Waals surface area contributed by atoms with Gasteiger partial charge in [0.2, 0.25) is 0 Å². The molecular formula is C35H52O4. The van der Waals surface area contributed by atoms with Crippen LogP contribution in [0.1, 0.15) is 127 Å². The minimum Gasteiger partial charge on any atom is -0.494 e. The number of carbonyl (C=O) groups excluding carboxylic acids is 1. The maximum atomic E-state index is 12.5. The Morgan fingerprint density at radius 2 is 1.05 bits per heavy atom. The Morgan fingerprint density at radius 1 is 0.590 bits per heavy atom. The van der Waals surface area contributed by atoms with E-state index in [0.717, 1.165) is 42.8 Å². The van der Waals surface area contributed by atoms with Crippen molar-refractivity contribution in [3.05, 3.63) is 54.1 Å². The van der Waals surface area contributed by atoms with Crippen molar-refractivity contribution in [3.8, 4) is 17.2 Å². The lowest BCUT2D eigenvalue weighted by atomic mass is 9.78. The van der Waals surface area contributed by atoms with Crippen molar-refractivity contribution < 1.29 is 19.0 Å². The van der Waals surface area contributed by atoms with Gasteiger partial charge < -0.3 is 14.2 Å². The van der Waals surface area contributed by atoms with Gasteiger partial charge in [-0.1, -0.05) is 97.3 Å². The van der Waals surface area contributed by atoms with Crippen molar-refractivity contribution in [1.29, 1.82) is 0 Å². The van der Waals surface area contributed by atoms with Crippen LogP contribution in [0.25, 0.3) is 0 Å². The van der Waals surface area contributed by atoms with Gasteiger partial charge in [0, 0.05) is 0 Å². The summed E-state index contributed by atoms with van der Waals surface area (Å²) in [5, 5.41) is 0. The maximum Gasteiger partial charge on any atom is 0.343 e. The van der Waals surface area contributed by atoms with Crippen LogP contribution in [0.5, 0.6) is 17.2 Å². The van der Waals surface area contributed by atoms with Gasteiger partial charge in [0.25, 0.3) is 0 Å². The molecule has 4 nitrogen and oxygen atoms in total. The van der Waals surface area contributed by atoms with E-state index in [9.17, 15) is 4.79 Å². The van der Waals surface area contributed by atoms with Crippen LogP contribution in [0.3, 0.4) is 0 Å². The molecule has 0 atom stereocenters. The molecule has 0 unspecified atom stereocenters. The van der Waals surface area contributed by atoms with Crippen LogP contribution in [-0.2, 0) is 0 Å². The first-order valence-corrected chi connectivity index (χ1v) is 15.9. The lowest BCUT2D eigenvalue weighted by Gasteiger charge is -2.28. The highest BCUT2D eigenvalue weighted by atomic mass is 16.5. The third kappa shape index (κ3) is 12.5. The molecule has 0 bridgehead atoms. The molecule has 1 fully saturated rings. The van der Waals surface area contributed by atoms with Crippen LogP contribution in [-0.4, -0.2) is 19.2 Å². The Labute approximate surface area is 237 Å². The third-order valence-corrected chi connectivity index (χ3v) is 8.10. The molecule has 1 aliphatic rings. The molecule has 0 heterocycles. The van der Waals surface area contributed by atoms with E-state index in [4.69, 9.17) is 14.2 Å². The zero-order chi connectivity index (χ0) is 27.5. The summed E-state index contributed by atoms with van der Waals surface area (Å²) in [4.78, 5) is 12.5. The molecule has 0 aliphatic heterocycles. The van der Waals surface area contributed by atoms with Crippen LogP contribution in [0, 0.1) is 11.8 Å². The number of benzene rings is 2. The summed E-state index contributed by atoms with van der Waals surface area (Å²) >= 11 is 0. The zero-order valence-electron chi connectivity index (χ0n) is 24.6. The van der Waals surface area contributed by atoms with Crippen molar-refractivity contribution in [1.82, 2.24) is 0 Å². The second-order valence-corrected chi connectivity index (χ2v) is 11.4. The van der Waals surface area contributed by atoms with Gasteiger partial charge in [-0.15, -0.1) is 0 Å². The van der Waals surface area contributed by atoms with Gasteiger partial charge in [0.1, 0.15) is 17.2 Å². The van der Waals surface area contributed by atoms with E-state index in [1.807, 2.05) is 24.3 Å². The molecule has 4 heteroatoms. The highest BCUT2D eigenvalue weighted by Crippen LogP contribution is 2.34. The smallest absolute Gasteiger partial charge is 0.343 e. The van der Waals surface area contributed by atoms with Gasteiger partial charge in [-0.25, -0.2) is 4.79 Å². The lowest BCUT2D eigenvalue weighted by Crippen LogP contribution is -2.15. The fraction of sp³-hybridized carbons (Fsp3) is 0.629. The molecular weight excluding hydrogens is 484 g/mol. The molecule has 2 aromatic rings. The number of ether oxygens (including phenoxy) is 3. The fourth-order valence-electron chi connectivity index (χ4n) is 5.58. The predicted octanol–water partition coefficient (Wildman–Crippen LogP) is 10.2. The first kappa shape index (κ1) is 31.0. The number of unbranched alkanes of at least 4 members (excludes halogenated alkanes) is 7. The minimum atomic E-state index is -0.371. The molecule has 0 radical (unpaired) electrons. The standard InChI is InChI=1S/C35H52O4/c1-3-5-7-9-10-13-29-15-17-30(18-16-29)14-12-28-38-33-23-25-34(26-24-33)39-35(36)31-19-21-32(22-20-31)37-27-11-8-6-4-2/h19-26,29-30H,3-18,27-28H2,1-2H3/t29-,30-. The molecule has 1 aliphatic carbocycles. The SMILES string of the molecule is CCCCCCC[C@H]1CC[C@H](CCCOc2ccc(OC(=O)c3ccc(OCCCCCC)cc3)cc2)CC1. The molecule has 1 saturated carbocycles. The van der Waals surface area contributed by atoms with E-state index in [1.54, 1.807) is 24.3 Å². The van der Waals surface area contributed by atoms with E-state index in [2.05, 4.69) is 13.8 Å².